The summed E-state index contributed by atoms with van der Waals surface area (Å²) in [6.45, 7) is 0.381. The van der Waals surface area contributed by atoms with Crippen LogP contribution in [0.25, 0.3) is 5.69 Å². The molecule has 0 unspecified atom stereocenters. The molecule has 0 saturated heterocycles. The van der Waals surface area contributed by atoms with Gasteiger partial charge in [0.1, 0.15) is 18.2 Å². The van der Waals surface area contributed by atoms with E-state index in [1.54, 1.807) is 47.4 Å². The number of imidazole rings is 1. The molecular weight excluding hydrogens is 354 g/mol. The molecule has 0 fully saturated rings. The number of benzene rings is 2. The van der Waals surface area contributed by atoms with Crippen molar-refractivity contribution in [2.45, 2.75) is 6.61 Å². The van der Waals surface area contributed by atoms with Crippen LogP contribution in [0, 0.1) is 0 Å². The summed E-state index contributed by atoms with van der Waals surface area (Å²) in [5, 5.41) is 7.17. The van der Waals surface area contributed by atoms with Crippen molar-refractivity contribution in [1.29, 1.82) is 0 Å². The molecular formula is C21H19N5O2. The number of rotatable bonds is 6. The lowest BCUT2D eigenvalue weighted by Gasteiger charge is -2.08. The third kappa shape index (κ3) is 3.93. The summed E-state index contributed by atoms with van der Waals surface area (Å²) in [5.41, 5.74) is 1.92. The standard InChI is InChI=1S/C21H19N5O2/c1-25-14-12-22-20(25)15-28-18-9-7-16(8-10-18)23-21(27)19-11-13-26(24-19)17-5-3-2-4-6-17/h2-14H,15H2,1H3,(H,23,27). The van der Waals surface area contributed by atoms with E-state index in [9.17, 15) is 4.79 Å². The Hall–Kier alpha value is -3.87. The molecule has 0 radical (unpaired) electrons. The van der Waals surface area contributed by atoms with Crippen molar-refractivity contribution in [2.75, 3.05) is 5.32 Å². The zero-order chi connectivity index (χ0) is 19.3. The number of amides is 1. The van der Waals surface area contributed by atoms with Crippen LogP contribution >= 0.6 is 0 Å². The molecule has 140 valence electrons. The van der Waals surface area contributed by atoms with Gasteiger partial charge in [-0.05, 0) is 42.5 Å². The van der Waals surface area contributed by atoms with Crippen LogP contribution in [0.3, 0.4) is 0 Å². The highest BCUT2D eigenvalue weighted by atomic mass is 16.5. The minimum atomic E-state index is -0.267. The summed E-state index contributed by atoms with van der Waals surface area (Å²) < 4.78 is 9.29. The molecule has 2 heterocycles. The van der Waals surface area contributed by atoms with Gasteiger partial charge >= 0.3 is 0 Å². The third-order valence-electron chi connectivity index (χ3n) is 4.24. The largest absolute Gasteiger partial charge is 0.486 e. The van der Waals surface area contributed by atoms with Crippen molar-refractivity contribution in [3.63, 3.8) is 0 Å². The van der Waals surface area contributed by atoms with Crippen molar-refractivity contribution < 1.29 is 9.53 Å². The number of carbonyl (C=O) groups excluding carboxylic acids is 1. The molecule has 1 amide bonds. The van der Waals surface area contributed by atoms with Gasteiger partial charge in [-0.1, -0.05) is 18.2 Å². The zero-order valence-electron chi connectivity index (χ0n) is 15.3. The minimum Gasteiger partial charge on any atom is -0.486 e. The Balaban J connectivity index is 1.37. The first-order valence-corrected chi connectivity index (χ1v) is 8.80. The highest BCUT2D eigenvalue weighted by Gasteiger charge is 2.11. The van der Waals surface area contributed by atoms with E-state index in [-0.39, 0.29) is 5.91 Å². The summed E-state index contributed by atoms with van der Waals surface area (Å²) in [4.78, 5) is 16.7. The molecule has 28 heavy (non-hydrogen) atoms. The van der Waals surface area contributed by atoms with Crippen LogP contribution in [0.4, 0.5) is 5.69 Å². The van der Waals surface area contributed by atoms with Gasteiger partial charge in [-0.25, -0.2) is 9.67 Å². The fourth-order valence-corrected chi connectivity index (χ4v) is 2.68. The smallest absolute Gasteiger partial charge is 0.276 e. The van der Waals surface area contributed by atoms with Gasteiger partial charge in [-0.15, -0.1) is 0 Å². The number of hydrogen-bond acceptors (Lipinski definition) is 4. The zero-order valence-corrected chi connectivity index (χ0v) is 15.3. The Morgan fingerprint density at radius 3 is 2.54 bits per heavy atom. The SMILES string of the molecule is Cn1ccnc1COc1ccc(NC(=O)c2ccn(-c3ccccc3)n2)cc1. The average Bonchev–Trinajstić information content (AvgIpc) is 3.37. The summed E-state index contributed by atoms with van der Waals surface area (Å²) in [7, 11) is 1.92. The highest BCUT2D eigenvalue weighted by molar-refractivity contribution is 6.02. The quantitative estimate of drug-likeness (QED) is 0.562. The molecule has 1 N–H and O–H groups in total. The second-order valence-electron chi connectivity index (χ2n) is 6.20. The molecule has 4 rings (SSSR count). The first kappa shape index (κ1) is 17.5. The minimum absolute atomic E-state index is 0.267. The molecule has 2 aromatic carbocycles. The van der Waals surface area contributed by atoms with Gasteiger partial charge in [0, 0.05) is 31.3 Å². The van der Waals surface area contributed by atoms with Crippen LogP contribution in [-0.2, 0) is 13.7 Å². The Morgan fingerprint density at radius 1 is 1.04 bits per heavy atom. The Kier molecular flexibility index (Phi) is 4.88. The number of para-hydroxylation sites is 1. The van der Waals surface area contributed by atoms with Gasteiger partial charge in [-0.3, -0.25) is 4.79 Å². The molecule has 0 spiro atoms. The average molecular weight is 373 g/mol. The molecule has 0 bridgehead atoms. The maximum absolute atomic E-state index is 12.4. The summed E-state index contributed by atoms with van der Waals surface area (Å²) in [6, 6.07) is 18.5. The van der Waals surface area contributed by atoms with E-state index in [1.165, 1.54) is 0 Å². The van der Waals surface area contributed by atoms with Gasteiger partial charge in [0.05, 0.1) is 5.69 Å². The summed E-state index contributed by atoms with van der Waals surface area (Å²) in [5.74, 6) is 1.28. The van der Waals surface area contributed by atoms with Crippen molar-refractivity contribution in [3.05, 3.63) is 90.8 Å². The van der Waals surface area contributed by atoms with E-state index in [1.807, 2.05) is 48.1 Å². The van der Waals surface area contributed by atoms with Gasteiger partial charge in [0.25, 0.3) is 5.91 Å². The van der Waals surface area contributed by atoms with Crippen molar-refractivity contribution >= 4 is 11.6 Å². The van der Waals surface area contributed by atoms with Crippen LogP contribution in [0.5, 0.6) is 5.75 Å². The topological polar surface area (TPSA) is 74.0 Å². The number of aryl methyl sites for hydroxylation is 1. The fraction of sp³-hybridized carbons (Fsp3) is 0.0952. The van der Waals surface area contributed by atoms with E-state index in [2.05, 4.69) is 15.4 Å². The van der Waals surface area contributed by atoms with E-state index >= 15 is 0 Å². The summed E-state index contributed by atoms with van der Waals surface area (Å²) >= 11 is 0. The number of hydrogen-bond donors (Lipinski definition) is 1. The van der Waals surface area contributed by atoms with Crippen LogP contribution in [0.15, 0.2) is 79.3 Å². The van der Waals surface area contributed by atoms with Crippen molar-refractivity contribution in [2.24, 2.45) is 7.05 Å². The van der Waals surface area contributed by atoms with Crippen molar-refractivity contribution in [1.82, 2.24) is 19.3 Å². The molecule has 0 aliphatic heterocycles. The molecule has 0 aliphatic carbocycles. The van der Waals surface area contributed by atoms with Crippen LogP contribution in [-0.4, -0.2) is 25.2 Å². The maximum Gasteiger partial charge on any atom is 0.276 e. The Labute approximate surface area is 162 Å². The van der Waals surface area contributed by atoms with E-state index in [4.69, 9.17) is 4.74 Å². The maximum atomic E-state index is 12.4. The van der Waals surface area contributed by atoms with E-state index < -0.39 is 0 Å². The van der Waals surface area contributed by atoms with Gasteiger partial charge in [0.15, 0.2) is 5.69 Å². The van der Waals surface area contributed by atoms with Crippen LogP contribution < -0.4 is 10.1 Å². The fourth-order valence-electron chi connectivity index (χ4n) is 2.68. The monoisotopic (exact) mass is 373 g/mol. The molecule has 0 atom stereocenters. The first-order chi connectivity index (χ1) is 13.7. The molecule has 7 heteroatoms. The highest BCUT2D eigenvalue weighted by Crippen LogP contribution is 2.17. The Morgan fingerprint density at radius 2 is 1.82 bits per heavy atom. The van der Waals surface area contributed by atoms with Crippen molar-refractivity contribution in [3.8, 4) is 11.4 Å². The lowest BCUT2D eigenvalue weighted by atomic mass is 10.3. The molecule has 4 aromatic rings. The molecule has 0 saturated carbocycles. The lowest BCUT2D eigenvalue weighted by Crippen LogP contribution is -2.13. The normalized spacial score (nSPS) is 10.6. The first-order valence-electron chi connectivity index (χ1n) is 8.80. The second kappa shape index (κ2) is 7.79. The number of carbonyl (C=O) groups is 1. The van der Waals surface area contributed by atoms with E-state index in [0.29, 0.717) is 23.7 Å². The predicted molar refractivity (Wildman–Crippen MR) is 105 cm³/mol. The predicted octanol–water partition coefficient (Wildman–Crippen LogP) is 3.44. The van der Waals surface area contributed by atoms with Gasteiger partial charge in [-0.2, -0.15) is 5.10 Å². The summed E-state index contributed by atoms with van der Waals surface area (Å²) in [6.07, 6.45) is 5.37. The number of nitrogens with one attached hydrogen (secondary N) is 1. The number of nitrogens with zero attached hydrogens (tertiary/aromatic N) is 4. The number of ether oxygens (including phenoxy) is 1. The molecule has 2 aromatic heterocycles. The van der Waals surface area contributed by atoms with E-state index in [0.717, 1.165) is 11.5 Å². The van der Waals surface area contributed by atoms with Gasteiger partial charge in [0.2, 0.25) is 0 Å². The Bertz CT molecular complexity index is 1070. The lowest BCUT2D eigenvalue weighted by molar-refractivity contribution is 0.102. The molecule has 7 nitrogen and oxygen atoms in total. The van der Waals surface area contributed by atoms with Gasteiger partial charge < -0.3 is 14.6 Å². The van der Waals surface area contributed by atoms with Crippen LogP contribution in [0.2, 0.25) is 0 Å². The number of anilines is 1. The molecule has 0 aliphatic rings. The second-order valence-corrected chi connectivity index (χ2v) is 6.20. The van der Waals surface area contributed by atoms with Crippen LogP contribution in [0.1, 0.15) is 16.3 Å². The number of aromatic nitrogens is 4. The third-order valence-corrected chi connectivity index (χ3v) is 4.24.